The van der Waals surface area contributed by atoms with Crippen LogP contribution in [0.15, 0.2) is 30.3 Å². The SMILES string of the molecule is Cn1c(CCN)nc(Cl)c1-c1ccccc1. The number of nitrogens with zero attached hydrogens (tertiary/aromatic N) is 2. The first-order valence-electron chi connectivity index (χ1n) is 5.20. The van der Waals surface area contributed by atoms with Crippen LogP contribution in [0.25, 0.3) is 11.3 Å². The molecule has 4 heteroatoms. The molecule has 84 valence electrons. The molecule has 0 aliphatic heterocycles. The normalized spacial score (nSPS) is 10.7. The van der Waals surface area contributed by atoms with Crippen molar-refractivity contribution in [1.29, 1.82) is 0 Å². The fourth-order valence-electron chi connectivity index (χ4n) is 1.77. The smallest absolute Gasteiger partial charge is 0.155 e. The first kappa shape index (κ1) is 11.2. The van der Waals surface area contributed by atoms with E-state index in [1.165, 1.54) is 0 Å². The molecule has 0 radical (unpaired) electrons. The van der Waals surface area contributed by atoms with Gasteiger partial charge in [0.05, 0.1) is 5.69 Å². The maximum absolute atomic E-state index is 6.15. The van der Waals surface area contributed by atoms with Crippen LogP contribution in [0, 0.1) is 0 Å². The maximum Gasteiger partial charge on any atom is 0.155 e. The van der Waals surface area contributed by atoms with Gasteiger partial charge in [-0.05, 0) is 6.54 Å². The summed E-state index contributed by atoms with van der Waals surface area (Å²) in [6.45, 7) is 0.579. The lowest BCUT2D eigenvalue weighted by atomic mass is 10.2. The highest BCUT2D eigenvalue weighted by molar-refractivity contribution is 6.32. The van der Waals surface area contributed by atoms with Crippen molar-refractivity contribution >= 4 is 11.6 Å². The molecule has 1 aromatic carbocycles. The second-order valence-corrected chi connectivity index (χ2v) is 3.99. The lowest BCUT2D eigenvalue weighted by Crippen LogP contribution is -2.08. The van der Waals surface area contributed by atoms with Crippen LogP contribution in [-0.2, 0) is 13.5 Å². The summed E-state index contributed by atoms with van der Waals surface area (Å²) >= 11 is 6.15. The van der Waals surface area contributed by atoms with E-state index in [-0.39, 0.29) is 0 Å². The topological polar surface area (TPSA) is 43.8 Å². The van der Waals surface area contributed by atoms with Crippen LogP contribution in [-0.4, -0.2) is 16.1 Å². The van der Waals surface area contributed by atoms with Crippen LogP contribution in [0.1, 0.15) is 5.82 Å². The predicted octanol–water partition coefficient (Wildman–Crippen LogP) is 2.24. The Bertz CT molecular complexity index is 477. The first-order valence-corrected chi connectivity index (χ1v) is 5.58. The van der Waals surface area contributed by atoms with E-state index in [9.17, 15) is 0 Å². The molecule has 2 rings (SSSR count). The van der Waals surface area contributed by atoms with Gasteiger partial charge in [-0.25, -0.2) is 4.98 Å². The van der Waals surface area contributed by atoms with E-state index >= 15 is 0 Å². The van der Waals surface area contributed by atoms with Crippen LogP contribution < -0.4 is 5.73 Å². The summed E-state index contributed by atoms with van der Waals surface area (Å²) in [5.74, 6) is 0.923. The number of benzene rings is 1. The lowest BCUT2D eigenvalue weighted by Gasteiger charge is -2.05. The molecule has 0 spiro atoms. The molecule has 3 nitrogen and oxygen atoms in total. The number of nitrogens with two attached hydrogens (primary N) is 1. The molecule has 1 heterocycles. The second-order valence-electron chi connectivity index (χ2n) is 3.63. The third-order valence-corrected chi connectivity index (χ3v) is 2.82. The Hall–Kier alpha value is -1.32. The Kier molecular flexibility index (Phi) is 3.27. The van der Waals surface area contributed by atoms with Gasteiger partial charge in [-0.2, -0.15) is 0 Å². The van der Waals surface area contributed by atoms with Gasteiger partial charge in [0.15, 0.2) is 5.15 Å². The highest BCUT2D eigenvalue weighted by Crippen LogP contribution is 2.27. The minimum Gasteiger partial charge on any atom is -0.330 e. The first-order chi connectivity index (χ1) is 7.74. The van der Waals surface area contributed by atoms with Crippen molar-refractivity contribution in [2.75, 3.05) is 6.54 Å². The summed E-state index contributed by atoms with van der Waals surface area (Å²) in [5, 5.41) is 0.539. The summed E-state index contributed by atoms with van der Waals surface area (Å²) in [5.41, 5.74) is 7.56. The Morgan fingerprint density at radius 3 is 2.62 bits per heavy atom. The second kappa shape index (κ2) is 4.68. The Morgan fingerprint density at radius 2 is 2.00 bits per heavy atom. The molecule has 2 N–H and O–H groups in total. The van der Waals surface area contributed by atoms with E-state index in [0.29, 0.717) is 11.7 Å². The molecule has 0 aliphatic carbocycles. The van der Waals surface area contributed by atoms with Crippen molar-refractivity contribution in [3.8, 4) is 11.3 Å². The number of imidazole rings is 1. The molecule has 0 fully saturated rings. The van der Waals surface area contributed by atoms with Gasteiger partial charge in [0.25, 0.3) is 0 Å². The van der Waals surface area contributed by atoms with Gasteiger partial charge in [-0.3, -0.25) is 0 Å². The number of rotatable bonds is 3. The molecular formula is C12H14ClN3. The highest BCUT2D eigenvalue weighted by atomic mass is 35.5. The summed E-state index contributed by atoms with van der Waals surface area (Å²) in [4.78, 5) is 4.32. The largest absolute Gasteiger partial charge is 0.330 e. The van der Waals surface area contributed by atoms with Crippen LogP contribution in [0.3, 0.4) is 0 Å². The summed E-state index contributed by atoms with van der Waals surface area (Å²) in [6, 6.07) is 10.0. The summed E-state index contributed by atoms with van der Waals surface area (Å²) in [7, 11) is 1.96. The van der Waals surface area contributed by atoms with Crippen molar-refractivity contribution in [2.24, 2.45) is 12.8 Å². The van der Waals surface area contributed by atoms with Crippen molar-refractivity contribution in [3.63, 3.8) is 0 Å². The number of aromatic nitrogens is 2. The Balaban J connectivity index is 2.49. The minimum absolute atomic E-state index is 0.539. The van der Waals surface area contributed by atoms with Crippen LogP contribution in [0.5, 0.6) is 0 Å². The summed E-state index contributed by atoms with van der Waals surface area (Å²) in [6.07, 6.45) is 0.739. The van der Waals surface area contributed by atoms with Crippen LogP contribution >= 0.6 is 11.6 Å². The van der Waals surface area contributed by atoms with Gasteiger partial charge in [-0.1, -0.05) is 41.9 Å². The standard InChI is InChI=1S/C12H14ClN3/c1-16-10(7-8-14)15-12(13)11(16)9-5-3-2-4-6-9/h2-6H,7-8,14H2,1H3. The van der Waals surface area contributed by atoms with Gasteiger partial charge in [-0.15, -0.1) is 0 Å². The quantitative estimate of drug-likeness (QED) is 0.887. The fraction of sp³-hybridized carbons (Fsp3) is 0.250. The zero-order valence-electron chi connectivity index (χ0n) is 9.15. The van der Waals surface area contributed by atoms with Gasteiger partial charge in [0.2, 0.25) is 0 Å². The van der Waals surface area contributed by atoms with Gasteiger partial charge >= 0.3 is 0 Å². The molecule has 2 aromatic rings. The van der Waals surface area contributed by atoms with E-state index in [1.807, 2.05) is 41.9 Å². The monoisotopic (exact) mass is 235 g/mol. The summed E-state index contributed by atoms with van der Waals surface area (Å²) < 4.78 is 2.00. The molecule has 0 saturated carbocycles. The maximum atomic E-state index is 6.15. The molecule has 0 bridgehead atoms. The Labute approximate surface area is 99.9 Å². The number of hydrogen-bond acceptors (Lipinski definition) is 2. The zero-order valence-corrected chi connectivity index (χ0v) is 9.91. The van der Waals surface area contributed by atoms with Crippen molar-refractivity contribution in [3.05, 3.63) is 41.3 Å². The van der Waals surface area contributed by atoms with Gasteiger partial charge in [0.1, 0.15) is 5.82 Å². The average Bonchev–Trinajstić information content (AvgIpc) is 2.56. The molecule has 1 aromatic heterocycles. The Morgan fingerprint density at radius 1 is 1.31 bits per heavy atom. The molecule has 16 heavy (non-hydrogen) atoms. The van der Waals surface area contributed by atoms with E-state index < -0.39 is 0 Å². The van der Waals surface area contributed by atoms with Crippen LogP contribution in [0.2, 0.25) is 5.15 Å². The van der Waals surface area contributed by atoms with Gasteiger partial charge in [0, 0.05) is 19.0 Å². The molecule has 0 aliphatic rings. The van der Waals surface area contributed by atoms with E-state index in [2.05, 4.69) is 4.98 Å². The average molecular weight is 236 g/mol. The predicted molar refractivity (Wildman–Crippen MR) is 66.4 cm³/mol. The van der Waals surface area contributed by atoms with E-state index in [1.54, 1.807) is 0 Å². The van der Waals surface area contributed by atoms with Crippen LogP contribution in [0.4, 0.5) is 0 Å². The molecule has 0 unspecified atom stereocenters. The minimum atomic E-state index is 0.539. The third-order valence-electron chi connectivity index (χ3n) is 2.56. The fourth-order valence-corrected chi connectivity index (χ4v) is 2.10. The van der Waals surface area contributed by atoms with Crippen molar-refractivity contribution in [2.45, 2.75) is 6.42 Å². The van der Waals surface area contributed by atoms with E-state index in [4.69, 9.17) is 17.3 Å². The van der Waals surface area contributed by atoms with Gasteiger partial charge < -0.3 is 10.3 Å². The number of halogens is 1. The van der Waals surface area contributed by atoms with Crippen molar-refractivity contribution < 1.29 is 0 Å². The molecule has 0 amide bonds. The van der Waals surface area contributed by atoms with Crippen molar-refractivity contribution in [1.82, 2.24) is 9.55 Å². The zero-order chi connectivity index (χ0) is 11.5. The molecular weight excluding hydrogens is 222 g/mol. The highest BCUT2D eigenvalue weighted by Gasteiger charge is 2.13. The van der Waals surface area contributed by atoms with E-state index in [0.717, 1.165) is 23.5 Å². The number of hydrogen-bond donors (Lipinski definition) is 1. The molecule has 0 saturated heterocycles. The third kappa shape index (κ3) is 1.96. The lowest BCUT2D eigenvalue weighted by molar-refractivity contribution is 0.782. The molecule has 0 atom stereocenters.